The maximum atomic E-state index is 11.8. The number of amides is 2. The number of carbonyl (C=O) groups excluding carboxylic acids is 2. The van der Waals surface area contributed by atoms with E-state index in [1.165, 1.54) is 18.3 Å². The highest BCUT2D eigenvalue weighted by atomic mass is 16.3. The summed E-state index contributed by atoms with van der Waals surface area (Å²) < 4.78 is 0. The van der Waals surface area contributed by atoms with Crippen LogP contribution in [-0.4, -0.2) is 75.7 Å². The Morgan fingerprint density at radius 2 is 1.41 bits per heavy atom. The fraction of sp³-hybridized carbons (Fsp3) is 0.462. The Kier molecular flexibility index (Phi) is 7.40. The number of pyridine rings is 1. The van der Waals surface area contributed by atoms with E-state index in [1.54, 1.807) is 0 Å². The van der Waals surface area contributed by atoms with Crippen molar-refractivity contribution in [2.45, 2.75) is 12.1 Å². The Labute approximate surface area is 126 Å². The molecule has 1 rings (SSSR count). The van der Waals surface area contributed by atoms with Crippen LogP contribution in [0.15, 0.2) is 18.3 Å². The molecule has 0 spiro atoms. The van der Waals surface area contributed by atoms with E-state index in [-0.39, 0.29) is 11.3 Å². The lowest BCUT2D eigenvalue weighted by molar-refractivity contribution is 0.0866. The van der Waals surface area contributed by atoms with Crippen molar-refractivity contribution in [3.05, 3.63) is 29.6 Å². The minimum atomic E-state index is -0.785. The first kappa shape index (κ1) is 18.0. The minimum Gasteiger partial charge on any atom is -0.394 e. The quantitative estimate of drug-likeness (QED) is 0.304. The third-order valence-electron chi connectivity index (χ3n) is 2.81. The van der Waals surface area contributed by atoms with Crippen molar-refractivity contribution in [1.82, 2.24) is 15.6 Å². The second-order valence-electron chi connectivity index (χ2n) is 4.50. The Hall–Kier alpha value is -2.07. The molecule has 0 saturated carbocycles. The molecule has 22 heavy (non-hydrogen) atoms. The van der Waals surface area contributed by atoms with Crippen LogP contribution >= 0.6 is 0 Å². The van der Waals surface area contributed by atoms with Crippen molar-refractivity contribution in [2.24, 2.45) is 0 Å². The molecule has 0 bridgehead atoms. The lowest BCUT2D eigenvalue weighted by atomic mass is 10.2. The second-order valence-corrected chi connectivity index (χ2v) is 4.50. The molecular weight excluding hydrogens is 294 g/mol. The topological polar surface area (TPSA) is 152 Å². The van der Waals surface area contributed by atoms with E-state index in [9.17, 15) is 9.59 Å². The third kappa shape index (κ3) is 5.04. The number of aliphatic hydroxyl groups excluding tert-OH is 4. The molecule has 0 aromatic carbocycles. The van der Waals surface area contributed by atoms with Crippen LogP contribution in [0.3, 0.4) is 0 Å². The van der Waals surface area contributed by atoms with Gasteiger partial charge in [-0.2, -0.15) is 0 Å². The molecule has 2 amide bonds. The van der Waals surface area contributed by atoms with Crippen molar-refractivity contribution < 1.29 is 30.0 Å². The standard InChI is InChI=1S/C13H19N3O6/c17-4-9(5-18)15-12(21)8-1-2-11(14-3-8)13(22)16-10(6-19)7-20/h1-3,9-10,17-20H,4-7H2,(H,15,21)(H,16,22). The molecule has 0 fully saturated rings. The average molecular weight is 313 g/mol. The molecule has 1 heterocycles. The van der Waals surface area contributed by atoms with Crippen molar-refractivity contribution in [2.75, 3.05) is 26.4 Å². The van der Waals surface area contributed by atoms with E-state index in [0.29, 0.717) is 0 Å². The van der Waals surface area contributed by atoms with Gasteiger partial charge < -0.3 is 31.1 Å². The highest BCUT2D eigenvalue weighted by molar-refractivity contribution is 5.96. The first-order valence-corrected chi connectivity index (χ1v) is 6.56. The zero-order chi connectivity index (χ0) is 16.5. The molecule has 0 unspecified atom stereocenters. The van der Waals surface area contributed by atoms with Gasteiger partial charge in [-0.05, 0) is 12.1 Å². The molecule has 1 aromatic heterocycles. The summed E-state index contributed by atoms with van der Waals surface area (Å²) in [6.45, 7) is -1.63. The van der Waals surface area contributed by atoms with Crippen LogP contribution < -0.4 is 10.6 Å². The van der Waals surface area contributed by atoms with E-state index < -0.39 is 50.3 Å². The van der Waals surface area contributed by atoms with Crippen LogP contribution in [0, 0.1) is 0 Å². The maximum Gasteiger partial charge on any atom is 0.270 e. The Bertz CT molecular complexity index is 440. The molecule has 9 nitrogen and oxygen atoms in total. The van der Waals surface area contributed by atoms with Gasteiger partial charge in [-0.15, -0.1) is 0 Å². The zero-order valence-electron chi connectivity index (χ0n) is 11.8. The Morgan fingerprint density at radius 1 is 0.909 bits per heavy atom. The number of hydrogen-bond acceptors (Lipinski definition) is 7. The number of aromatic nitrogens is 1. The van der Waals surface area contributed by atoms with Crippen molar-refractivity contribution in [1.29, 1.82) is 0 Å². The van der Waals surface area contributed by atoms with Gasteiger partial charge in [0.1, 0.15) is 5.69 Å². The predicted molar refractivity (Wildman–Crippen MR) is 75.1 cm³/mol. The molecule has 122 valence electrons. The zero-order valence-corrected chi connectivity index (χ0v) is 11.8. The van der Waals surface area contributed by atoms with Crippen LogP contribution in [-0.2, 0) is 0 Å². The first-order chi connectivity index (χ1) is 10.5. The normalized spacial score (nSPS) is 10.8. The monoisotopic (exact) mass is 313 g/mol. The van der Waals surface area contributed by atoms with E-state index in [4.69, 9.17) is 20.4 Å². The van der Waals surface area contributed by atoms with Gasteiger partial charge in [0.15, 0.2) is 0 Å². The summed E-state index contributed by atoms with van der Waals surface area (Å²) in [6, 6.07) is 1.11. The summed E-state index contributed by atoms with van der Waals surface area (Å²) >= 11 is 0. The Balaban J connectivity index is 2.69. The number of nitrogens with zero attached hydrogens (tertiary/aromatic N) is 1. The summed E-state index contributed by atoms with van der Waals surface area (Å²) in [5, 5.41) is 40.3. The van der Waals surface area contributed by atoms with Gasteiger partial charge in [0.25, 0.3) is 11.8 Å². The molecule has 0 aliphatic rings. The van der Waals surface area contributed by atoms with Crippen molar-refractivity contribution in [3.63, 3.8) is 0 Å². The van der Waals surface area contributed by atoms with Gasteiger partial charge in [0.05, 0.1) is 44.1 Å². The molecule has 0 aliphatic carbocycles. The molecule has 9 heteroatoms. The van der Waals surface area contributed by atoms with Crippen LogP contribution in [0.5, 0.6) is 0 Å². The molecule has 0 radical (unpaired) electrons. The van der Waals surface area contributed by atoms with Crippen LogP contribution in [0.25, 0.3) is 0 Å². The summed E-state index contributed by atoms with van der Waals surface area (Å²) in [6.07, 6.45) is 1.17. The van der Waals surface area contributed by atoms with Gasteiger partial charge in [-0.1, -0.05) is 0 Å². The lowest BCUT2D eigenvalue weighted by Gasteiger charge is -2.14. The molecular formula is C13H19N3O6. The minimum absolute atomic E-state index is 0.0179. The summed E-state index contributed by atoms with van der Waals surface area (Å²) in [7, 11) is 0. The smallest absolute Gasteiger partial charge is 0.270 e. The van der Waals surface area contributed by atoms with Gasteiger partial charge in [-0.3, -0.25) is 14.6 Å². The highest BCUT2D eigenvalue weighted by Crippen LogP contribution is 2.02. The predicted octanol–water partition coefficient (Wildman–Crippen LogP) is -2.75. The number of nitrogens with one attached hydrogen (secondary N) is 2. The second kappa shape index (κ2) is 9.05. The van der Waals surface area contributed by atoms with E-state index in [2.05, 4.69) is 15.6 Å². The van der Waals surface area contributed by atoms with Crippen LogP contribution in [0.1, 0.15) is 20.8 Å². The average Bonchev–Trinajstić information content (AvgIpc) is 2.57. The van der Waals surface area contributed by atoms with Gasteiger partial charge >= 0.3 is 0 Å². The fourth-order valence-electron chi connectivity index (χ4n) is 1.49. The van der Waals surface area contributed by atoms with Crippen LogP contribution in [0.2, 0.25) is 0 Å². The molecule has 1 aromatic rings. The summed E-state index contributed by atoms with van der Waals surface area (Å²) in [5.41, 5.74) is 0.175. The SMILES string of the molecule is O=C(NC(CO)CO)c1ccc(C(=O)NC(CO)CO)nc1. The van der Waals surface area contributed by atoms with E-state index in [1.807, 2.05) is 0 Å². The van der Waals surface area contributed by atoms with Crippen LogP contribution in [0.4, 0.5) is 0 Å². The molecule has 0 atom stereocenters. The lowest BCUT2D eigenvalue weighted by Crippen LogP contribution is -2.41. The summed E-state index contributed by atoms with van der Waals surface area (Å²) in [5.74, 6) is -1.14. The number of aliphatic hydroxyl groups is 4. The number of hydrogen-bond donors (Lipinski definition) is 6. The number of carbonyl (C=O) groups is 2. The van der Waals surface area contributed by atoms with E-state index in [0.717, 1.165) is 0 Å². The fourth-order valence-corrected chi connectivity index (χ4v) is 1.49. The molecule has 6 N–H and O–H groups in total. The first-order valence-electron chi connectivity index (χ1n) is 6.56. The largest absolute Gasteiger partial charge is 0.394 e. The van der Waals surface area contributed by atoms with Gasteiger partial charge in [-0.25, -0.2) is 0 Å². The van der Waals surface area contributed by atoms with Gasteiger partial charge in [0.2, 0.25) is 0 Å². The summed E-state index contributed by atoms with van der Waals surface area (Å²) in [4.78, 5) is 27.4. The highest BCUT2D eigenvalue weighted by Gasteiger charge is 2.15. The maximum absolute atomic E-state index is 11.8. The van der Waals surface area contributed by atoms with Gasteiger partial charge in [0, 0.05) is 6.20 Å². The van der Waals surface area contributed by atoms with Crippen molar-refractivity contribution >= 4 is 11.8 Å². The molecule has 0 aliphatic heterocycles. The van der Waals surface area contributed by atoms with E-state index >= 15 is 0 Å². The third-order valence-corrected chi connectivity index (χ3v) is 2.81. The Morgan fingerprint density at radius 3 is 1.82 bits per heavy atom. The number of rotatable bonds is 8. The van der Waals surface area contributed by atoms with Crippen molar-refractivity contribution in [3.8, 4) is 0 Å². The molecule has 0 saturated heterocycles.